The number of anilines is 1. The lowest BCUT2D eigenvalue weighted by molar-refractivity contribution is -0.160. The predicted molar refractivity (Wildman–Crippen MR) is 248 cm³/mol. The van der Waals surface area contributed by atoms with Crippen molar-refractivity contribution in [3.63, 3.8) is 0 Å². The molecule has 3 aliphatic rings. The minimum Gasteiger partial charge on any atom is -0.507 e. The molecule has 0 spiro atoms. The first-order chi connectivity index (χ1) is 31.3. The van der Waals surface area contributed by atoms with Gasteiger partial charge in [-0.25, -0.2) is 0 Å². The van der Waals surface area contributed by atoms with E-state index in [-0.39, 0.29) is 51.1 Å². The molecule has 0 unspecified atom stereocenters. The van der Waals surface area contributed by atoms with Crippen LogP contribution in [0.3, 0.4) is 0 Å². The van der Waals surface area contributed by atoms with E-state index >= 15 is 0 Å². The maximum atomic E-state index is 14.5. The number of phenols is 3. The lowest BCUT2D eigenvalue weighted by Gasteiger charge is -2.38. The number of aliphatic hydroxyl groups is 2. The van der Waals surface area contributed by atoms with Crippen molar-refractivity contribution in [2.45, 2.75) is 111 Å². The Labute approximate surface area is 385 Å². The summed E-state index contributed by atoms with van der Waals surface area (Å²) in [5.74, 6) is -7.89. The predicted octanol–water partition coefficient (Wildman–Crippen LogP) is 7.74. The maximum Gasteiger partial charge on any atom is 0.312 e. The number of ether oxygens (including phenoxy) is 5. The third kappa shape index (κ3) is 11.3. The van der Waals surface area contributed by atoms with Gasteiger partial charge in [-0.1, -0.05) is 69.3 Å². The van der Waals surface area contributed by atoms with Crippen LogP contribution in [0.1, 0.15) is 95.6 Å². The number of allylic oxidation sites excluding steroid dienone is 2. The van der Waals surface area contributed by atoms with Gasteiger partial charge in [-0.3, -0.25) is 14.4 Å². The molecule has 3 aromatic rings. The number of carbonyl (C=O) groups excluding carboxylic acids is 3. The van der Waals surface area contributed by atoms with Crippen LogP contribution < -0.4 is 14.8 Å². The number of oxime groups is 1. The standard InChI is InChI=1S/C50H64N2O14/c1-27-18-17-19-28(2)49(60)52-40-35(26-51-64-24-16-11-10-15-23-62-34-20-13-12-14-21-34)44(57)37-38(45(40)58)43(56)32(6)47-39(37)48(59)50(8,66-47)63-25-22-36(61-9)29(3)46(65-33(7)53)31(5)42(55)30(4)41(27)54/h12-14,17-22,25-27,29-31,36,41-42,46,54-58H,10-11,15-16,23-24H2,1-9H3,(H,52,60)/b18-17+,25-22+,28-19+,51-26+/t27-,29+,30+,31+,36-,41-,42+,46+,50-/m0/s1. The van der Waals surface area contributed by atoms with Gasteiger partial charge in [0.15, 0.2) is 5.75 Å². The fraction of sp³-hybridized carbons (Fsp3) is 0.480. The number of rotatable bonds is 12. The molecule has 5 bridgehead atoms. The summed E-state index contributed by atoms with van der Waals surface area (Å²) in [5.41, 5.74) is -0.625. The Bertz CT molecular complexity index is 2340. The van der Waals surface area contributed by atoms with Crippen molar-refractivity contribution >= 4 is 40.3 Å². The van der Waals surface area contributed by atoms with E-state index in [2.05, 4.69) is 10.5 Å². The van der Waals surface area contributed by atoms with Gasteiger partial charge in [-0.15, -0.1) is 0 Å². The van der Waals surface area contributed by atoms with E-state index in [1.807, 2.05) is 30.3 Å². The fourth-order valence-corrected chi connectivity index (χ4v) is 8.34. The van der Waals surface area contributed by atoms with Crippen molar-refractivity contribution in [2.24, 2.45) is 28.8 Å². The molecular formula is C50H64N2O14. The monoisotopic (exact) mass is 916 g/mol. The second kappa shape index (κ2) is 22.4. The number of nitrogens with one attached hydrogen (secondary N) is 1. The van der Waals surface area contributed by atoms with Crippen molar-refractivity contribution in [3.05, 3.63) is 83.2 Å². The number of benzene rings is 3. The van der Waals surface area contributed by atoms with E-state index in [0.29, 0.717) is 13.0 Å². The van der Waals surface area contributed by atoms with Crippen molar-refractivity contribution in [2.75, 3.05) is 25.6 Å². The molecule has 16 nitrogen and oxygen atoms in total. The van der Waals surface area contributed by atoms with Gasteiger partial charge in [0.2, 0.25) is 0 Å². The highest BCUT2D eigenvalue weighted by Gasteiger charge is 2.50. The van der Waals surface area contributed by atoms with Gasteiger partial charge >= 0.3 is 11.8 Å². The van der Waals surface area contributed by atoms with Gasteiger partial charge in [-0.05, 0) is 57.7 Å². The molecule has 3 aliphatic heterocycles. The molecule has 0 fully saturated rings. The zero-order chi connectivity index (χ0) is 48.5. The molecule has 0 radical (unpaired) electrons. The van der Waals surface area contributed by atoms with Crippen molar-refractivity contribution in [1.29, 1.82) is 0 Å². The first-order valence-electron chi connectivity index (χ1n) is 22.3. The summed E-state index contributed by atoms with van der Waals surface area (Å²) in [7, 11) is 1.43. The first-order valence-corrected chi connectivity index (χ1v) is 22.3. The molecule has 3 heterocycles. The average Bonchev–Trinajstić information content (AvgIpc) is 3.56. The number of amides is 1. The molecule has 3 aromatic carbocycles. The van der Waals surface area contributed by atoms with Crippen LogP contribution in [0.5, 0.6) is 28.7 Å². The number of fused-ring (bicyclic) bond motifs is 14. The highest BCUT2D eigenvalue weighted by Crippen LogP contribution is 2.55. The minimum absolute atomic E-state index is 0.0305. The van der Waals surface area contributed by atoms with Gasteiger partial charge in [-0.2, -0.15) is 0 Å². The number of phenolic OH excluding ortho intramolecular Hbond substituents is 3. The molecular weight excluding hydrogens is 853 g/mol. The second-order valence-electron chi connectivity index (χ2n) is 17.3. The summed E-state index contributed by atoms with van der Waals surface area (Å²) >= 11 is 0. The largest absolute Gasteiger partial charge is 0.507 e. The van der Waals surface area contributed by atoms with Crippen LogP contribution in [-0.2, 0) is 28.6 Å². The first kappa shape index (κ1) is 50.9. The Kier molecular flexibility index (Phi) is 17.3. The summed E-state index contributed by atoms with van der Waals surface area (Å²) in [5, 5.41) is 64.5. The Balaban J connectivity index is 1.54. The summed E-state index contributed by atoms with van der Waals surface area (Å²) in [6.45, 7) is 13.2. The molecule has 6 N–H and O–H groups in total. The summed E-state index contributed by atoms with van der Waals surface area (Å²) < 4.78 is 29.4. The maximum absolute atomic E-state index is 14.5. The normalized spacial score (nSPS) is 28.0. The van der Waals surface area contributed by atoms with Gasteiger partial charge < -0.3 is 59.4 Å². The molecule has 66 heavy (non-hydrogen) atoms. The molecule has 16 heteroatoms. The third-order valence-corrected chi connectivity index (χ3v) is 12.4. The Morgan fingerprint density at radius 3 is 2.23 bits per heavy atom. The molecule has 0 aromatic heterocycles. The Hall–Kier alpha value is -6.10. The molecule has 0 saturated heterocycles. The van der Waals surface area contributed by atoms with Crippen LogP contribution in [0, 0.1) is 30.6 Å². The van der Waals surface area contributed by atoms with Crippen molar-refractivity contribution in [1.82, 2.24) is 0 Å². The van der Waals surface area contributed by atoms with Crippen LogP contribution in [0.2, 0.25) is 0 Å². The fourth-order valence-electron chi connectivity index (χ4n) is 8.34. The molecule has 0 saturated carbocycles. The number of esters is 1. The van der Waals surface area contributed by atoms with Crippen LogP contribution >= 0.6 is 0 Å². The molecule has 9 atom stereocenters. The van der Waals surface area contributed by atoms with E-state index in [1.165, 1.54) is 53.2 Å². The van der Waals surface area contributed by atoms with E-state index in [1.54, 1.807) is 39.8 Å². The Morgan fingerprint density at radius 2 is 1.56 bits per heavy atom. The lowest BCUT2D eigenvalue weighted by atomic mass is 9.78. The highest BCUT2D eigenvalue weighted by atomic mass is 16.7. The number of hydrogen-bond donors (Lipinski definition) is 6. The average molecular weight is 917 g/mol. The topological polar surface area (TPSA) is 232 Å². The second-order valence-corrected chi connectivity index (χ2v) is 17.3. The van der Waals surface area contributed by atoms with Crippen LogP contribution in [-0.4, -0.2) is 99.9 Å². The van der Waals surface area contributed by atoms with E-state index in [4.69, 9.17) is 28.5 Å². The summed E-state index contributed by atoms with van der Waals surface area (Å²) in [6.07, 6.45) is 7.70. The quantitative estimate of drug-likeness (QED) is 0.0255. The van der Waals surface area contributed by atoms with Crippen LogP contribution in [0.15, 0.2) is 71.6 Å². The summed E-state index contributed by atoms with van der Waals surface area (Å²) in [6, 6.07) is 9.54. The van der Waals surface area contributed by atoms with Gasteiger partial charge in [0.25, 0.3) is 11.7 Å². The van der Waals surface area contributed by atoms with Gasteiger partial charge in [0, 0.05) is 61.2 Å². The highest BCUT2D eigenvalue weighted by molar-refractivity contribution is 6.23. The van der Waals surface area contributed by atoms with E-state index in [0.717, 1.165) is 31.2 Å². The smallest absolute Gasteiger partial charge is 0.312 e. The number of Topliss-reactive ketones (excluding diaryl/α,β-unsaturated/α-hetero) is 1. The number of aromatic hydroxyl groups is 3. The van der Waals surface area contributed by atoms with Crippen LogP contribution in [0.25, 0.3) is 10.8 Å². The van der Waals surface area contributed by atoms with Crippen molar-refractivity contribution in [3.8, 4) is 28.7 Å². The number of para-hydroxylation sites is 1. The molecule has 0 aliphatic carbocycles. The van der Waals surface area contributed by atoms with E-state index < -0.39 is 88.8 Å². The zero-order valence-corrected chi connectivity index (χ0v) is 39.1. The molecule has 358 valence electrons. The number of carbonyl (C=O) groups is 3. The zero-order valence-electron chi connectivity index (χ0n) is 39.1. The number of unbranched alkanes of at least 4 members (excludes halogenated alkanes) is 3. The number of ketones is 1. The SMILES string of the molecule is CO[C@H]1/C=C/O[C@@]2(C)Oc3c(C)c(O)c4c(O)c(c(/C=N/OCCCCCCOc5ccccc5)c(O)c4c3C2=O)NC(=O)/C(C)=C/C=C/[C@H](C)[C@H](O)[C@@H](C)[C@@H](O)[C@@H](C)[C@H](OC(C)=O)[C@@H]1C. The number of nitrogens with zero attached hydrogens (tertiary/aromatic N) is 1. The number of methoxy groups -OCH3 is 1. The van der Waals surface area contributed by atoms with Gasteiger partial charge in [0.1, 0.15) is 35.7 Å². The summed E-state index contributed by atoms with van der Waals surface area (Å²) in [4.78, 5) is 46.2. The van der Waals surface area contributed by atoms with Crippen molar-refractivity contribution < 1.29 is 68.4 Å². The molecule has 6 rings (SSSR count). The Morgan fingerprint density at radius 1 is 0.879 bits per heavy atom. The van der Waals surface area contributed by atoms with Gasteiger partial charge in [0.05, 0.1) is 59.6 Å². The molecule has 1 amide bonds. The number of aliphatic hydroxyl groups excluding tert-OH is 2. The lowest BCUT2D eigenvalue weighted by Crippen LogP contribution is -2.46. The third-order valence-electron chi connectivity index (χ3n) is 12.4. The van der Waals surface area contributed by atoms with E-state index in [9.17, 15) is 39.9 Å². The van der Waals surface area contributed by atoms with Crippen LogP contribution in [0.4, 0.5) is 5.69 Å². The minimum atomic E-state index is -2.07. The number of hydrogen-bond acceptors (Lipinski definition) is 15.